The van der Waals surface area contributed by atoms with Crippen molar-refractivity contribution in [1.82, 2.24) is 0 Å². The van der Waals surface area contributed by atoms with E-state index in [1.165, 1.54) is 19.4 Å². The van der Waals surface area contributed by atoms with Crippen LogP contribution >= 0.6 is 0 Å². The molecular formula is C26H26O4. The summed E-state index contributed by atoms with van der Waals surface area (Å²) in [4.78, 5) is 11.1. The molecule has 3 rings (SSSR count). The Hall–Kier alpha value is -3.53. The Kier molecular flexibility index (Phi) is 6.91. The molecule has 154 valence electrons. The molecule has 0 amide bonds. The lowest BCUT2D eigenvalue weighted by Gasteiger charge is -2.21. The molecule has 0 spiro atoms. The van der Waals surface area contributed by atoms with Gasteiger partial charge in [0.25, 0.3) is 0 Å². The quantitative estimate of drug-likeness (QED) is 0.465. The largest absolute Gasteiger partial charge is 0.493 e. The summed E-state index contributed by atoms with van der Waals surface area (Å²) in [6.45, 7) is 3.61. The third-order valence-electron chi connectivity index (χ3n) is 4.62. The van der Waals surface area contributed by atoms with E-state index >= 15 is 0 Å². The van der Waals surface area contributed by atoms with Crippen LogP contribution in [0.5, 0.6) is 11.5 Å². The molecule has 0 fully saturated rings. The second-order valence-electron chi connectivity index (χ2n) is 7.47. The van der Waals surface area contributed by atoms with Crippen LogP contribution in [0, 0.1) is 0 Å². The number of ether oxygens (including phenoxy) is 2. The molecule has 3 aromatic rings. The van der Waals surface area contributed by atoms with Crippen LogP contribution in [0.2, 0.25) is 0 Å². The van der Waals surface area contributed by atoms with Gasteiger partial charge in [-0.1, -0.05) is 66.7 Å². The molecule has 0 atom stereocenters. The van der Waals surface area contributed by atoms with Gasteiger partial charge in [0.05, 0.1) is 6.61 Å². The molecule has 0 radical (unpaired) electrons. The van der Waals surface area contributed by atoms with Crippen molar-refractivity contribution in [3.05, 3.63) is 95.6 Å². The molecule has 0 unspecified atom stereocenters. The number of carboxylic acid groups (broad SMARTS) is 1. The second kappa shape index (κ2) is 9.79. The molecule has 0 saturated heterocycles. The highest BCUT2D eigenvalue weighted by Gasteiger charge is 2.29. The van der Waals surface area contributed by atoms with Crippen molar-refractivity contribution in [2.75, 3.05) is 6.61 Å². The minimum absolute atomic E-state index is 0.534. The normalized spacial score (nSPS) is 11.4. The van der Waals surface area contributed by atoms with Gasteiger partial charge in [-0.15, -0.1) is 0 Å². The minimum atomic E-state index is -1.26. The summed E-state index contributed by atoms with van der Waals surface area (Å²) in [6, 6.07) is 25.6. The van der Waals surface area contributed by atoms with Gasteiger partial charge in [-0.2, -0.15) is 0 Å². The lowest BCUT2D eigenvalue weighted by Crippen LogP contribution is -2.37. The number of aliphatic carboxylic acids is 1. The fourth-order valence-corrected chi connectivity index (χ4v) is 2.78. The first kappa shape index (κ1) is 21.2. The highest BCUT2D eigenvalue weighted by Crippen LogP contribution is 2.20. The average Bonchev–Trinajstić information content (AvgIpc) is 2.75. The summed E-state index contributed by atoms with van der Waals surface area (Å²) < 4.78 is 11.4. The molecule has 0 saturated carbocycles. The fraction of sp³-hybridized carbons (Fsp3) is 0.192. The monoisotopic (exact) mass is 402 g/mol. The summed E-state index contributed by atoms with van der Waals surface area (Å²) in [5, 5.41) is 9.14. The van der Waals surface area contributed by atoms with E-state index in [0.717, 1.165) is 23.3 Å². The first-order chi connectivity index (χ1) is 14.4. The van der Waals surface area contributed by atoms with E-state index in [4.69, 9.17) is 14.6 Å². The van der Waals surface area contributed by atoms with Gasteiger partial charge < -0.3 is 14.6 Å². The van der Waals surface area contributed by atoms with Gasteiger partial charge in [0.2, 0.25) is 0 Å². The summed E-state index contributed by atoms with van der Waals surface area (Å²) in [6.07, 6.45) is 4.91. The number of hydrogen-bond donors (Lipinski definition) is 1. The van der Waals surface area contributed by atoms with Crippen LogP contribution in [0.1, 0.15) is 30.5 Å². The van der Waals surface area contributed by atoms with E-state index < -0.39 is 11.6 Å². The van der Waals surface area contributed by atoms with Crippen molar-refractivity contribution in [1.29, 1.82) is 0 Å². The van der Waals surface area contributed by atoms with Crippen molar-refractivity contribution in [3.63, 3.8) is 0 Å². The molecule has 0 aromatic heterocycles. The van der Waals surface area contributed by atoms with Crippen LogP contribution in [0.4, 0.5) is 0 Å². The van der Waals surface area contributed by atoms with Crippen LogP contribution in [0.3, 0.4) is 0 Å². The third kappa shape index (κ3) is 6.24. The zero-order chi connectivity index (χ0) is 21.4. The average molecular weight is 402 g/mol. The zero-order valence-corrected chi connectivity index (χ0v) is 17.2. The Morgan fingerprint density at radius 2 is 1.40 bits per heavy atom. The Labute approximate surface area is 177 Å². The maximum Gasteiger partial charge on any atom is 0.347 e. The van der Waals surface area contributed by atoms with Gasteiger partial charge in [-0.25, -0.2) is 4.79 Å². The number of rotatable bonds is 9. The summed E-state index contributed by atoms with van der Waals surface area (Å²) in [7, 11) is 0. The fourth-order valence-electron chi connectivity index (χ4n) is 2.78. The first-order valence-corrected chi connectivity index (χ1v) is 9.90. The Morgan fingerprint density at radius 3 is 2.00 bits per heavy atom. The second-order valence-corrected chi connectivity index (χ2v) is 7.47. The van der Waals surface area contributed by atoms with Crippen LogP contribution < -0.4 is 9.47 Å². The Balaban J connectivity index is 1.47. The predicted octanol–water partition coefficient (Wildman–Crippen LogP) is 5.72. The summed E-state index contributed by atoms with van der Waals surface area (Å²) in [5.74, 6) is 0.364. The molecule has 3 aromatic carbocycles. The molecule has 0 bridgehead atoms. The molecule has 4 nitrogen and oxygen atoms in total. The molecule has 0 aliphatic carbocycles. The number of benzene rings is 3. The van der Waals surface area contributed by atoms with Crippen molar-refractivity contribution in [3.8, 4) is 11.5 Å². The Bertz CT molecular complexity index is 972. The summed E-state index contributed by atoms with van der Waals surface area (Å²) >= 11 is 0. The summed E-state index contributed by atoms with van der Waals surface area (Å²) in [5.41, 5.74) is 2.12. The topological polar surface area (TPSA) is 55.8 Å². The molecular weight excluding hydrogens is 376 g/mol. The van der Waals surface area contributed by atoms with Crippen molar-refractivity contribution in [2.45, 2.75) is 25.9 Å². The lowest BCUT2D eigenvalue weighted by atomic mass is 10.1. The molecule has 4 heteroatoms. The van der Waals surface area contributed by atoms with Crippen LogP contribution in [0.25, 0.3) is 12.2 Å². The van der Waals surface area contributed by atoms with Crippen LogP contribution in [-0.2, 0) is 11.2 Å². The number of carbonyl (C=O) groups is 1. The van der Waals surface area contributed by atoms with E-state index in [1.807, 2.05) is 54.6 Å². The van der Waals surface area contributed by atoms with E-state index in [0.29, 0.717) is 12.4 Å². The first-order valence-electron chi connectivity index (χ1n) is 9.90. The lowest BCUT2D eigenvalue weighted by molar-refractivity contribution is -0.152. The van der Waals surface area contributed by atoms with E-state index in [2.05, 4.69) is 24.3 Å². The molecule has 0 heterocycles. The van der Waals surface area contributed by atoms with Gasteiger partial charge in [-0.05, 0) is 54.8 Å². The molecule has 0 aliphatic rings. The predicted molar refractivity (Wildman–Crippen MR) is 120 cm³/mol. The smallest absolute Gasteiger partial charge is 0.347 e. The van der Waals surface area contributed by atoms with Crippen molar-refractivity contribution in [2.24, 2.45) is 0 Å². The van der Waals surface area contributed by atoms with Gasteiger partial charge in [-0.3, -0.25) is 0 Å². The maximum atomic E-state index is 11.1. The molecule has 0 aliphatic heterocycles. The standard InChI is InChI=1S/C26H26O4/c1-26(2,25(27)28)30-24-16-12-22(13-17-24)18-19-29-23-14-10-21(11-15-23)9-8-20-6-4-3-5-7-20/h3-17H,18-19H2,1-2H3,(H,27,28)/b9-8+. The van der Waals surface area contributed by atoms with Crippen LogP contribution in [0.15, 0.2) is 78.9 Å². The maximum absolute atomic E-state index is 11.1. The van der Waals surface area contributed by atoms with Gasteiger partial charge in [0.1, 0.15) is 11.5 Å². The highest BCUT2D eigenvalue weighted by molar-refractivity contribution is 5.76. The zero-order valence-electron chi connectivity index (χ0n) is 17.2. The van der Waals surface area contributed by atoms with E-state index in [9.17, 15) is 4.79 Å². The number of carboxylic acids is 1. The van der Waals surface area contributed by atoms with E-state index in [-0.39, 0.29) is 0 Å². The number of hydrogen-bond acceptors (Lipinski definition) is 3. The SMILES string of the molecule is CC(C)(Oc1ccc(CCOc2ccc(/C=C/c3ccccc3)cc2)cc1)C(=O)O. The van der Waals surface area contributed by atoms with Crippen molar-refractivity contribution < 1.29 is 19.4 Å². The molecule has 1 N–H and O–H groups in total. The molecule has 30 heavy (non-hydrogen) atoms. The van der Waals surface area contributed by atoms with Gasteiger partial charge >= 0.3 is 5.97 Å². The van der Waals surface area contributed by atoms with Crippen molar-refractivity contribution >= 4 is 18.1 Å². The van der Waals surface area contributed by atoms with Crippen LogP contribution in [-0.4, -0.2) is 23.3 Å². The highest BCUT2D eigenvalue weighted by atomic mass is 16.5. The minimum Gasteiger partial charge on any atom is -0.493 e. The third-order valence-corrected chi connectivity index (χ3v) is 4.62. The van der Waals surface area contributed by atoms with Gasteiger partial charge in [0.15, 0.2) is 5.60 Å². The van der Waals surface area contributed by atoms with E-state index in [1.54, 1.807) is 12.1 Å². The van der Waals surface area contributed by atoms with Gasteiger partial charge in [0, 0.05) is 6.42 Å². The Morgan fingerprint density at radius 1 is 0.833 bits per heavy atom.